The van der Waals surface area contributed by atoms with Crippen LogP contribution in [0.15, 0.2) is 0 Å². The smallest absolute Gasteiger partial charge is 0.00965 e. The molecule has 0 bridgehead atoms. The van der Waals surface area contributed by atoms with Crippen molar-refractivity contribution in [3.8, 4) is 0 Å². The van der Waals surface area contributed by atoms with Crippen LogP contribution in [-0.4, -0.2) is 49.2 Å². The SMILES string of the molecule is CC(CC1CCCCN1)NC1CCN(C)C(C)C1. The molecule has 0 aromatic heterocycles. The van der Waals surface area contributed by atoms with Gasteiger partial charge in [0.15, 0.2) is 0 Å². The molecule has 4 atom stereocenters. The second-order valence-corrected chi connectivity index (χ2v) is 6.50. The second-order valence-electron chi connectivity index (χ2n) is 6.50. The molecule has 4 unspecified atom stereocenters. The Morgan fingerprint density at radius 1 is 1.33 bits per heavy atom. The number of rotatable bonds is 4. The molecule has 2 rings (SSSR count). The van der Waals surface area contributed by atoms with Crippen molar-refractivity contribution in [2.75, 3.05) is 20.1 Å². The molecular weight excluding hydrogens is 222 g/mol. The number of hydrogen-bond donors (Lipinski definition) is 2. The molecule has 18 heavy (non-hydrogen) atoms. The van der Waals surface area contributed by atoms with Crippen molar-refractivity contribution in [2.24, 2.45) is 0 Å². The van der Waals surface area contributed by atoms with Crippen molar-refractivity contribution in [3.63, 3.8) is 0 Å². The lowest BCUT2D eigenvalue weighted by atomic mass is 9.95. The van der Waals surface area contributed by atoms with Gasteiger partial charge in [0, 0.05) is 24.2 Å². The van der Waals surface area contributed by atoms with E-state index in [-0.39, 0.29) is 0 Å². The van der Waals surface area contributed by atoms with Crippen molar-refractivity contribution in [2.45, 2.75) is 76.5 Å². The quantitative estimate of drug-likeness (QED) is 0.802. The Kier molecular flexibility index (Phi) is 5.46. The normalized spacial score (nSPS) is 36.5. The summed E-state index contributed by atoms with van der Waals surface area (Å²) in [4.78, 5) is 2.48. The van der Waals surface area contributed by atoms with Crippen LogP contribution in [0.25, 0.3) is 0 Å². The highest BCUT2D eigenvalue weighted by molar-refractivity contribution is 4.84. The van der Waals surface area contributed by atoms with Crippen LogP contribution in [0.4, 0.5) is 0 Å². The van der Waals surface area contributed by atoms with Gasteiger partial charge in [-0.2, -0.15) is 0 Å². The van der Waals surface area contributed by atoms with E-state index < -0.39 is 0 Å². The molecule has 2 fully saturated rings. The molecule has 106 valence electrons. The summed E-state index contributed by atoms with van der Waals surface area (Å²) in [6.07, 6.45) is 8.05. The summed E-state index contributed by atoms with van der Waals surface area (Å²) in [5.74, 6) is 0. The molecule has 3 nitrogen and oxygen atoms in total. The zero-order valence-corrected chi connectivity index (χ0v) is 12.4. The van der Waals surface area contributed by atoms with E-state index in [1.807, 2.05) is 0 Å². The van der Waals surface area contributed by atoms with Gasteiger partial charge in [0.2, 0.25) is 0 Å². The molecule has 0 radical (unpaired) electrons. The number of nitrogens with one attached hydrogen (secondary N) is 2. The topological polar surface area (TPSA) is 27.3 Å². The molecule has 0 spiro atoms. The Hall–Kier alpha value is -0.120. The molecule has 0 aromatic carbocycles. The van der Waals surface area contributed by atoms with E-state index in [2.05, 4.69) is 36.4 Å². The summed E-state index contributed by atoms with van der Waals surface area (Å²) in [5.41, 5.74) is 0. The third-order valence-electron chi connectivity index (χ3n) is 4.78. The van der Waals surface area contributed by atoms with Gasteiger partial charge in [-0.3, -0.25) is 0 Å². The molecule has 0 aromatic rings. The van der Waals surface area contributed by atoms with Crippen LogP contribution >= 0.6 is 0 Å². The van der Waals surface area contributed by atoms with Gasteiger partial charge in [-0.05, 0) is 66.1 Å². The minimum atomic E-state index is 0.654. The van der Waals surface area contributed by atoms with Crippen LogP contribution in [0.2, 0.25) is 0 Å². The van der Waals surface area contributed by atoms with Crippen molar-refractivity contribution < 1.29 is 0 Å². The van der Waals surface area contributed by atoms with E-state index in [1.54, 1.807) is 0 Å². The van der Waals surface area contributed by atoms with Crippen LogP contribution in [0.5, 0.6) is 0 Å². The molecular formula is C15H31N3. The number of hydrogen-bond acceptors (Lipinski definition) is 3. The first kappa shape index (κ1) is 14.3. The van der Waals surface area contributed by atoms with Crippen molar-refractivity contribution in [3.05, 3.63) is 0 Å². The predicted molar refractivity (Wildman–Crippen MR) is 78.0 cm³/mol. The Labute approximate surface area is 113 Å². The summed E-state index contributed by atoms with van der Waals surface area (Å²) >= 11 is 0. The Morgan fingerprint density at radius 3 is 2.83 bits per heavy atom. The molecule has 2 saturated heterocycles. The first-order valence-corrected chi connectivity index (χ1v) is 7.85. The fourth-order valence-electron chi connectivity index (χ4n) is 3.46. The van der Waals surface area contributed by atoms with Crippen molar-refractivity contribution in [1.29, 1.82) is 0 Å². The minimum absolute atomic E-state index is 0.654. The summed E-state index contributed by atoms with van der Waals surface area (Å²) in [7, 11) is 2.25. The largest absolute Gasteiger partial charge is 0.314 e. The lowest BCUT2D eigenvalue weighted by Gasteiger charge is -2.37. The van der Waals surface area contributed by atoms with E-state index in [9.17, 15) is 0 Å². The van der Waals surface area contributed by atoms with Crippen LogP contribution in [0.1, 0.15) is 52.4 Å². The fraction of sp³-hybridized carbons (Fsp3) is 1.00. The molecule has 2 aliphatic rings. The number of nitrogens with zero attached hydrogens (tertiary/aromatic N) is 1. The lowest BCUT2D eigenvalue weighted by Crippen LogP contribution is -2.49. The van der Waals surface area contributed by atoms with Gasteiger partial charge in [-0.15, -0.1) is 0 Å². The van der Waals surface area contributed by atoms with E-state index in [0.29, 0.717) is 6.04 Å². The molecule has 3 heteroatoms. The Bertz CT molecular complexity index is 238. The molecule has 2 N–H and O–H groups in total. The standard InChI is InChI=1S/C15H31N3/c1-12(10-14-6-4-5-8-16-14)17-15-7-9-18(3)13(2)11-15/h12-17H,4-11H2,1-3H3. The first-order chi connectivity index (χ1) is 8.65. The van der Waals surface area contributed by atoms with Gasteiger partial charge in [-0.25, -0.2) is 0 Å². The average Bonchev–Trinajstić information content (AvgIpc) is 2.35. The van der Waals surface area contributed by atoms with E-state index in [0.717, 1.165) is 18.1 Å². The zero-order chi connectivity index (χ0) is 13.0. The van der Waals surface area contributed by atoms with E-state index >= 15 is 0 Å². The maximum atomic E-state index is 3.85. The number of piperidine rings is 2. The van der Waals surface area contributed by atoms with E-state index in [1.165, 1.54) is 51.6 Å². The maximum absolute atomic E-state index is 3.85. The zero-order valence-electron chi connectivity index (χ0n) is 12.4. The molecule has 2 aliphatic heterocycles. The summed E-state index contributed by atoms with van der Waals surface area (Å²) in [6.45, 7) is 7.18. The van der Waals surface area contributed by atoms with Crippen molar-refractivity contribution in [1.82, 2.24) is 15.5 Å². The third-order valence-corrected chi connectivity index (χ3v) is 4.78. The van der Waals surface area contributed by atoms with Crippen LogP contribution in [0, 0.1) is 0 Å². The van der Waals surface area contributed by atoms with Gasteiger partial charge < -0.3 is 15.5 Å². The summed E-state index contributed by atoms with van der Waals surface area (Å²) in [6, 6.07) is 2.87. The van der Waals surface area contributed by atoms with Gasteiger partial charge >= 0.3 is 0 Å². The molecule has 0 saturated carbocycles. The maximum Gasteiger partial charge on any atom is 0.00965 e. The summed E-state index contributed by atoms with van der Waals surface area (Å²) < 4.78 is 0. The lowest BCUT2D eigenvalue weighted by molar-refractivity contribution is 0.160. The second kappa shape index (κ2) is 6.88. The Balaban J connectivity index is 1.68. The molecule has 2 heterocycles. The third kappa shape index (κ3) is 4.22. The highest BCUT2D eigenvalue weighted by Gasteiger charge is 2.24. The highest BCUT2D eigenvalue weighted by Crippen LogP contribution is 2.17. The predicted octanol–water partition coefficient (Wildman–Crippen LogP) is 1.98. The van der Waals surface area contributed by atoms with E-state index in [4.69, 9.17) is 0 Å². The van der Waals surface area contributed by atoms with Gasteiger partial charge in [0.05, 0.1) is 0 Å². The fourth-order valence-corrected chi connectivity index (χ4v) is 3.46. The van der Waals surface area contributed by atoms with Crippen LogP contribution in [0.3, 0.4) is 0 Å². The molecule has 0 amide bonds. The monoisotopic (exact) mass is 253 g/mol. The van der Waals surface area contributed by atoms with Crippen molar-refractivity contribution >= 4 is 0 Å². The average molecular weight is 253 g/mol. The van der Waals surface area contributed by atoms with Gasteiger partial charge in [0.1, 0.15) is 0 Å². The van der Waals surface area contributed by atoms with Crippen LogP contribution < -0.4 is 10.6 Å². The highest BCUT2D eigenvalue weighted by atomic mass is 15.1. The Morgan fingerprint density at radius 2 is 2.17 bits per heavy atom. The van der Waals surface area contributed by atoms with Crippen LogP contribution in [-0.2, 0) is 0 Å². The summed E-state index contributed by atoms with van der Waals surface area (Å²) in [5, 5.41) is 7.51. The van der Waals surface area contributed by atoms with Gasteiger partial charge in [-0.1, -0.05) is 6.42 Å². The van der Waals surface area contributed by atoms with Gasteiger partial charge in [0.25, 0.3) is 0 Å². The first-order valence-electron chi connectivity index (χ1n) is 7.85. The molecule has 0 aliphatic carbocycles. The minimum Gasteiger partial charge on any atom is -0.314 e. The number of likely N-dealkylation sites (tertiary alicyclic amines) is 1.